The summed E-state index contributed by atoms with van der Waals surface area (Å²) in [5.74, 6) is -0.785. The number of carbonyl (C=O) groups excluding carboxylic acids is 1. The number of carboxylic acids is 1. The molecule has 2 fully saturated rings. The molecule has 1 aliphatic heterocycles. The Balaban J connectivity index is 2.05. The number of fused-ring (bicyclic) bond motifs is 2. The molecule has 0 spiro atoms. The van der Waals surface area contributed by atoms with Crippen molar-refractivity contribution in [2.24, 2.45) is 5.41 Å². The number of carboxylic acid groups (broad SMARTS) is 1. The van der Waals surface area contributed by atoms with Crippen LogP contribution in [0, 0.1) is 5.41 Å². The van der Waals surface area contributed by atoms with Crippen molar-refractivity contribution in [3.63, 3.8) is 0 Å². The van der Waals surface area contributed by atoms with Crippen LogP contribution in [0.3, 0.4) is 0 Å². The van der Waals surface area contributed by atoms with Crippen molar-refractivity contribution in [3.05, 3.63) is 0 Å². The van der Waals surface area contributed by atoms with Gasteiger partial charge in [0.15, 0.2) is 0 Å². The maximum Gasteiger partial charge on any atom is 0.408 e. The first kappa shape index (κ1) is 14.1. The first-order chi connectivity index (χ1) is 8.67. The van der Waals surface area contributed by atoms with Gasteiger partial charge in [0.2, 0.25) is 0 Å². The van der Waals surface area contributed by atoms with Crippen LogP contribution in [-0.4, -0.2) is 41.4 Å². The quantitative estimate of drug-likeness (QED) is 0.699. The number of carbonyl (C=O) groups is 2. The molecule has 0 aromatic carbocycles. The third-order valence-electron chi connectivity index (χ3n) is 3.91. The fraction of sp³-hybridized carbons (Fsp3) is 0.846. The lowest BCUT2D eigenvalue weighted by molar-refractivity contribution is -0.149. The molecule has 1 amide bonds. The van der Waals surface area contributed by atoms with Crippen LogP contribution in [0.5, 0.6) is 0 Å². The van der Waals surface area contributed by atoms with Crippen LogP contribution in [0.2, 0.25) is 0 Å². The maximum absolute atomic E-state index is 11.9. The molecule has 1 saturated heterocycles. The Hall–Kier alpha value is -1.30. The summed E-state index contributed by atoms with van der Waals surface area (Å²) in [5.41, 5.74) is -1.78. The highest BCUT2D eigenvalue weighted by Gasteiger charge is 2.56. The van der Waals surface area contributed by atoms with Gasteiger partial charge in [0.1, 0.15) is 5.60 Å². The number of aliphatic carboxylic acids is 1. The molecule has 6 nitrogen and oxygen atoms in total. The molecule has 2 aliphatic rings. The highest BCUT2D eigenvalue weighted by molar-refractivity contribution is 5.77. The number of rotatable bonds is 2. The Kier molecular flexibility index (Phi) is 3.24. The van der Waals surface area contributed by atoms with Crippen LogP contribution >= 0.6 is 0 Å². The van der Waals surface area contributed by atoms with Crippen molar-refractivity contribution in [1.29, 1.82) is 0 Å². The van der Waals surface area contributed by atoms with Crippen molar-refractivity contribution in [1.82, 2.24) is 10.6 Å². The van der Waals surface area contributed by atoms with Gasteiger partial charge in [-0.25, -0.2) is 4.79 Å². The van der Waals surface area contributed by atoms with E-state index >= 15 is 0 Å². The van der Waals surface area contributed by atoms with Gasteiger partial charge in [-0.15, -0.1) is 0 Å². The summed E-state index contributed by atoms with van der Waals surface area (Å²) in [6.45, 7) is 6.49. The number of alkyl carbamates (subject to hydrolysis) is 1. The molecule has 0 aromatic rings. The highest BCUT2D eigenvalue weighted by Crippen LogP contribution is 2.46. The summed E-state index contributed by atoms with van der Waals surface area (Å²) in [5, 5.41) is 15.4. The molecule has 6 heteroatoms. The summed E-state index contributed by atoms with van der Waals surface area (Å²) in [4.78, 5) is 23.3. The molecular weight excluding hydrogens is 248 g/mol. The molecule has 1 saturated carbocycles. The molecule has 2 atom stereocenters. The van der Waals surface area contributed by atoms with Crippen molar-refractivity contribution in [2.75, 3.05) is 13.1 Å². The van der Waals surface area contributed by atoms with Crippen LogP contribution in [0.1, 0.15) is 40.0 Å². The predicted octanol–water partition coefficient (Wildman–Crippen LogP) is 1.11. The summed E-state index contributed by atoms with van der Waals surface area (Å²) < 4.78 is 5.25. The van der Waals surface area contributed by atoms with Crippen molar-refractivity contribution >= 4 is 12.1 Å². The number of ether oxygens (including phenoxy) is 1. The monoisotopic (exact) mass is 270 g/mol. The Morgan fingerprint density at radius 3 is 2.53 bits per heavy atom. The maximum atomic E-state index is 11.9. The number of nitrogens with one attached hydrogen (secondary N) is 2. The van der Waals surface area contributed by atoms with E-state index in [-0.39, 0.29) is 0 Å². The largest absolute Gasteiger partial charge is 0.481 e. The average molecular weight is 270 g/mol. The zero-order chi connectivity index (χ0) is 14.3. The SMILES string of the molecule is CC(C)(C)OC(=O)NC12CCC(C(=O)O)(CNC1)C2. The van der Waals surface area contributed by atoms with Gasteiger partial charge in [0.05, 0.1) is 11.0 Å². The number of piperidine rings is 1. The second-order valence-electron chi connectivity index (χ2n) is 6.77. The summed E-state index contributed by atoms with van der Waals surface area (Å²) in [6.07, 6.45) is 1.26. The summed E-state index contributed by atoms with van der Waals surface area (Å²) in [7, 11) is 0. The van der Waals surface area contributed by atoms with E-state index in [2.05, 4.69) is 10.6 Å². The summed E-state index contributed by atoms with van der Waals surface area (Å²) >= 11 is 0. The molecule has 2 bridgehead atoms. The molecule has 1 heterocycles. The lowest BCUT2D eigenvalue weighted by Gasteiger charge is -2.38. The van der Waals surface area contributed by atoms with Crippen molar-refractivity contribution < 1.29 is 19.4 Å². The van der Waals surface area contributed by atoms with Gasteiger partial charge in [-0.3, -0.25) is 4.79 Å². The third kappa shape index (κ3) is 2.83. The number of amides is 1. The van der Waals surface area contributed by atoms with Gasteiger partial charge in [-0.1, -0.05) is 0 Å². The molecule has 19 heavy (non-hydrogen) atoms. The lowest BCUT2D eigenvalue weighted by atomic mass is 9.80. The van der Waals surface area contributed by atoms with Gasteiger partial charge in [0, 0.05) is 13.1 Å². The standard InChI is InChI=1S/C13H22N2O4/c1-11(2,3)19-10(18)15-13-5-4-12(6-13,9(16)17)7-14-8-13/h14H,4-8H2,1-3H3,(H,15,18)(H,16,17). The van der Waals surface area contributed by atoms with Crippen molar-refractivity contribution in [3.8, 4) is 0 Å². The average Bonchev–Trinajstić information content (AvgIpc) is 2.48. The summed E-state index contributed by atoms with van der Waals surface area (Å²) in [6, 6.07) is 0. The van der Waals surface area contributed by atoms with Crippen LogP contribution < -0.4 is 10.6 Å². The van der Waals surface area contributed by atoms with E-state index < -0.39 is 28.6 Å². The van der Waals surface area contributed by atoms with Crippen LogP contribution in [0.15, 0.2) is 0 Å². The van der Waals surface area contributed by atoms with Gasteiger partial charge < -0.3 is 20.5 Å². The van der Waals surface area contributed by atoms with E-state index in [1.54, 1.807) is 20.8 Å². The van der Waals surface area contributed by atoms with E-state index in [4.69, 9.17) is 4.74 Å². The predicted molar refractivity (Wildman–Crippen MR) is 68.9 cm³/mol. The first-order valence-electron chi connectivity index (χ1n) is 6.62. The topological polar surface area (TPSA) is 87.7 Å². The highest BCUT2D eigenvalue weighted by atomic mass is 16.6. The Morgan fingerprint density at radius 2 is 1.95 bits per heavy atom. The fourth-order valence-electron chi connectivity index (χ4n) is 3.08. The molecule has 2 rings (SSSR count). The van der Waals surface area contributed by atoms with Crippen LogP contribution in [0.25, 0.3) is 0 Å². The number of hydrogen-bond acceptors (Lipinski definition) is 4. The van der Waals surface area contributed by atoms with E-state index in [0.29, 0.717) is 32.4 Å². The van der Waals surface area contributed by atoms with Crippen LogP contribution in [0.4, 0.5) is 4.79 Å². The lowest BCUT2D eigenvalue weighted by Crippen LogP contribution is -2.59. The zero-order valence-corrected chi connectivity index (χ0v) is 11.7. The minimum Gasteiger partial charge on any atom is -0.481 e. The minimum atomic E-state index is -0.785. The van der Waals surface area contributed by atoms with Gasteiger partial charge in [-0.05, 0) is 40.0 Å². The Labute approximate surface area is 112 Å². The number of hydrogen-bond donors (Lipinski definition) is 3. The first-order valence-corrected chi connectivity index (χ1v) is 6.62. The van der Waals surface area contributed by atoms with Crippen molar-refractivity contribution in [2.45, 2.75) is 51.2 Å². The molecule has 3 N–H and O–H groups in total. The van der Waals surface area contributed by atoms with Gasteiger partial charge in [-0.2, -0.15) is 0 Å². The van der Waals surface area contributed by atoms with Gasteiger partial charge in [0.25, 0.3) is 0 Å². The second-order valence-corrected chi connectivity index (χ2v) is 6.77. The molecule has 108 valence electrons. The molecule has 1 aliphatic carbocycles. The second kappa shape index (κ2) is 4.37. The molecule has 2 unspecified atom stereocenters. The van der Waals surface area contributed by atoms with Gasteiger partial charge >= 0.3 is 12.1 Å². The van der Waals surface area contributed by atoms with E-state index in [9.17, 15) is 14.7 Å². The normalized spacial score (nSPS) is 33.8. The molecular formula is C13H22N2O4. The molecule has 0 radical (unpaired) electrons. The minimum absolute atomic E-state index is 0.472. The molecule has 0 aromatic heterocycles. The zero-order valence-electron chi connectivity index (χ0n) is 11.7. The van der Waals surface area contributed by atoms with E-state index in [1.165, 1.54) is 0 Å². The fourth-order valence-corrected chi connectivity index (χ4v) is 3.08. The van der Waals surface area contributed by atoms with Crippen LogP contribution in [-0.2, 0) is 9.53 Å². The Bertz CT molecular complexity index is 404. The van der Waals surface area contributed by atoms with E-state index in [1.807, 2.05) is 0 Å². The smallest absolute Gasteiger partial charge is 0.408 e. The Morgan fingerprint density at radius 1 is 1.26 bits per heavy atom. The van der Waals surface area contributed by atoms with E-state index in [0.717, 1.165) is 0 Å². The third-order valence-corrected chi connectivity index (χ3v) is 3.91.